The molecule has 0 fully saturated rings. The third-order valence-corrected chi connectivity index (χ3v) is 5.08. The van der Waals surface area contributed by atoms with Gasteiger partial charge in [0, 0.05) is 5.38 Å². The number of hydrogen-bond acceptors (Lipinski definition) is 5. The van der Waals surface area contributed by atoms with Crippen molar-refractivity contribution in [2.45, 2.75) is 17.4 Å². The highest BCUT2D eigenvalue weighted by Crippen LogP contribution is 2.15. The number of hydrogen-bond donors (Lipinski definition) is 3. The first-order chi connectivity index (χ1) is 9.88. The van der Waals surface area contributed by atoms with Crippen LogP contribution in [0.5, 0.6) is 5.75 Å². The molecule has 8 heteroatoms. The fourth-order valence-electron chi connectivity index (χ4n) is 1.71. The number of carboxylic acids is 1. The first-order valence-corrected chi connectivity index (χ1v) is 8.36. The quantitative estimate of drug-likeness (QED) is 0.744. The van der Waals surface area contributed by atoms with Gasteiger partial charge in [0.2, 0.25) is 10.0 Å². The molecule has 3 N–H and O–H groups in total. The number of benzene rings is 1. The number of carboxylic acid groups (broad SMARTS) is 1. The van der Waals surface area contributed by atoms with Gasteiger partial charge in [-0.2, -0.15) is 16.1 Å². The number of aliphatic carboxylic acids is 1. The summed E-state index contributed by atoms with van der Waals surface area (Å²) in [4.78, 5) is 11.3. The number of rotatable bonds is 6. The average Bonchev–Trinajstić information content (AvgIpc) is 2.95. The lowest BCUT2D eigenvalue weighted by atomic mass is 10.1. The van der Waals surface area contributed by atoms with Crippen molar-refractivity contribution in [1.82, 2.24) is 4.72 Å². The van der Waals surface area contributed by atoms with Gasteiger partial charge >= 0.3 is 5.97 Å². The molecule has 2 aromatic rings. The van der Waals surface area contributed by atoms with Gasteiger partial charge < -0.3 is 10.2 Å². The smallest absolute Gasteiger partial charge is 0.322 e. The fourth-order valence-corrected chi connectivity index (χ4v) is 3.93. The standard InChI is InChI=1S/C13H13NO5S2/c15-10-3-1-9(2-4-10)7-12(13(16)17)14-21(18,19)11-5-6-20-8-11/h1-6,8,12,14-15H,7H2,(H,16,17)/t12-/m1/s1. The highest BCUT2D eigenvalue weighted by Gasteiger charge is 2.25. The Bertz CT molecular complexity index is 708. The Morgan fingerprint density at radius 3 is 2.43 bits per heavy atom. The summed E-state index contributed by atoms with van der Waals surface area (Å²) in [7, 11) is -3.86. The van der Waals surface area contributed by atoms with Crippen LogP contribution in [0.2, 0.25) is 0 Å². The maximum atomic E-state index is 12.0. The molecule has 6 nitrogen and oxygen atoms in total. The second-order valence-electron chi connectivity index (χ2n) is 4.34. The summed E-state index contributed by atoms with van der Waals surface area (Å²) in [5, 5.41) is 21.4. The highest BCUT2D eigenvalue weighted by atomic mass is 32.2. The molecule has 0 aliphatic carbocycles. The van der Waals surface area contributed by atoms with E-state index in [4.69, 9.17) is 0 Å². The summed E-state index contributed by atoms with van der Waals surface area (Å²) in [5.74, 6) is -1.20. The zero-order chi connectivity index (χ0) is 15.5. The summed E-state index contributed by atoms with van der Waals surface area (Å²) in [6.45, 7) is 0. The number of thiophene rings is 1. The van der Waals surface area contributed by atoms with Crippen LogP contribution in [-0.2, 0) is 21.2 Å². The van der Waals surface area contributed by atoms with Crippen LogP contribution >= 0.6 is 11.3 Å². The summed E-state index contributed by atoms with van der Waals surface area (Å²) in [6, 6.07) is 6.06. The molecule has 1 atom stereocenters. The molecule has 0 amide bonds. The van der Waals surface area contributed by atoms with Crippen LogP contribution < -0.4 is 4.72 Å². The molecule has 0 saturated heterocycles. The lowest BCUT2D eigenvalue weighted by Crippen LogP contribution is -2.42. The van der Waals surface area contributed by atoms with Gasteiger partial charge in [0.1, 0.15) is 11.8 Å². The zero-order valence-electron chi connectivity index (χ0n) is 10.8. The molecule has 0 aliphatic heterocycles. The topological polar surface area (TPSA) is 104 Å². The van der Waals surface area contributed by atoms with Gasteiger partial charge in [-0.15, -0.1) is 0 Å². The summed E-state index contributed by atoms with van der Waals surface area (Å²) in [5.41, 5.74) is 0.605. The predicted molar refractivity (Wildman–Crippen MR) is 77.9 cm³/mol. The molecule has 0 bridgehead atoms. The van der Waals surface area contributed by atoms with Gasteiger partial charge in [-0.3, -0.25) is 4.79 Å². The minimum Gasteiger partial charge on any atom is -0.508 e. The van der Waals surface area contributed by atoms with Crippen molar-refractivity contribution in [3.63, 3.8) is 0 Å². The molecule has 0 radical (unpaired) electrons. The number of phenolic OH excluding ortho intramolecular Hbond substituents is 1. The Morgan fingerprint density at radius 2 is 1.90 bits per heavy atom. The summed E-state index contributed by atoms with van der Waals surface area (Å²) < 4.78 is 26.3. The lowest BCUT2D eigenvalue weighted by molar-refractivity contribution is -0.138. The van der Waals surface area contributed by atoms with E-state index in [1.54, 1.807) is 17.5 Å². The Hall–Kier alpha value is -1.90. The highest BCUT2D eigenvalue weighted by molar-refractivity contribution is 7.89. The molecule has 112 valence electrons. The molecule has 1 heterocycles. The van der Waals surface area contributed by atoms with Crippen LogP contribution in [0.15, 0.2) is 46.0 Å². The summed E-state index contributed by atoms with van der Waals surface area (Å²) in [6.07, 6.45) is -0.0149. The SMILES string of the molecule is O=C(O)[C@@H](Cc1ccc(O)cc1)NS(=O)(=O)c1ccsc1. The molecular formula is C13H13NO5S2. The Labute approximate surface area is 125 Å². The number of carbonyl (C=O) groups is 1. The average molecular weight is 327 g/mol. The normalized spacial score (nSPS) is 13.0. The summed E-state index contributed by atoms with van der Waals surface area (Å²) >= 11 is 1.21. The van der Waals surface area contributed by atoms with Crippen LogP contribution in [0.1, 0.15) is 5.56 Å². The van der Waals surface area contributed by atoms with E-state index >= 15 is 0 Å². The Morgan fingerprint density at radius 1 is 1.24 bits per heavy atom. The van der Waals surface area contributed by atoms with E-state index < -0.39 is 22.0 Å². The van der Waals surface area contributed by atoms with Crippen molar-refractivity contribution in [3.8, 4) is 5.75 Å². The second-order valence-corrected chi connectivity index (χ2v) is 6.84. The number of aromatic hydroxyl groups is 1. The van der Waals surface area contributed by atoms with Gasteiger partial charge in [-0.05, 0) is 35.6 Å². The maximum absolute atomic E-state index is 12.0. The molecule has 0 saturated carbocycles. The van der Waals surface area contributed by atoms with Crippen molar-refractivity contribution < 1.29 is 23.4 Å². The molecule has 0 aliphatic rings. The first-order valence-electron chi connectivity index (χ1n) is 5.94. The number of sulfonamides is 1. The number of nitrogens with one attached hydrogen (secondary N) is 1. The zero-order valence-corrected chi connectivity index (χ0v) is 12.4. The van der Waals surface area contributed by atoms with Crippen LogP contribution in [0.25, 0.3) is 0 Å². The maximum Gasteiger partial charge on any atom is 0.322 e. The fraction of sp³-hybridized carbons (Fsp3) is 0.154. The largest absolute Gasteiger partial charge is 0.508 e. The van der Waals surface area contributed by atoms with Crippen molar-refractivity contribution in [1.29, 1.82) is 0 Å². The molecule has 0 spiro atoms. The number of phenols is 1. The monoisotopic (exact) mass is 327 g/mol. The minimum absolute atomic E-state index is 0.0149. The van der Waals surface area contributed by atoms with E-state index in [0.717, 1.165) is 0 Å². The van der Waals surface area contributed by atoms with Crippen LogP contribution in [0, 0.1) is 0 Å². The molecule has 21 heavy (non-hydrogen) atoms. The van der Waals surface area contributed by atoms with E-state index in [0.29, 0.717) is 5.56 Å². The van der Waals surface area contributed by atoms with E-state index in [2.05, 4.69) is 4.72 Å². The third-order valence-electron chi connectivity index (χ3n) is 2.78. The van der Waals surface area contributed by atoms with E-state index in [-0.39, 0.29) is 17.1 Å². The van der Waals surface area contributed by atoms with Gasteiger partial charge in [0.15, 0.2) is 0 Å². The van der Waals surface area contributed by atoms with Crippen molar-refractivity contribution in [2.75, 3.05) is 0 Å². The van der Waals surface area contributed by atoms with Crippen molar-refractivity contribution in [2.24, 2.45) is 0 Å². The van der Waals surface area contributed by atoms with Gasteiger partial charge in [-0.25, -0.2) is 8.42 Å². The molecule has 1 aromatic carbocycles. The van der Waals surface area contributed by atoms with Crippen LogP contribution in [0.4, 0.5) is 0 Å². The lowest BCUT2D eigenvalue weighted by Gasteiger charge is -2.14. The van der Waals surface area contributed by atoms with Gasteiger partial charge in [-0.1, -0.05) is 12.1 Å². The van der Waals surface area contributed by atoms with E-state index in [1.807, 2.05) is 0 Å². The molecule has 0 unspecified atom stereocenters. The van der Waals surface area contributed by atoms with Crippen LogP contribution in [0.3, 0.4) is 0 Å². The molecule has 2 rings (SSSR count). The van der Waals surface area contributed by atoms with Gasteiger partial charge in [0.25, 0.3) is 0 Å². The third kappa shape index (κ3) is 4.03. The van der Waals surface area contributed by atoms with E-state index in [9.17, 15) is 23.4 Å². The van der Waals surface area contributed by atoms with E-state index in [1.165, 1.54) is 34.9 Å². The Kier molecular flexibility index (Phi) is 4.61. The first kappa shape index (κ1) is 15.5. The molecular weight excluding hydrogens is 314 g/mol. The second kappa shape index (κ2) is 6.25. The molecule has 1 aromatic heterocycles. The minimum atomic E-state index is -3.86. The predicted octanol–water partition coefficient (Wildman–Crippen LogP) is 1.43. The van der Waals surface area contributed by atoms with Crippen molar-refractivity contribution in [3.05, 3.63) is 46.7 Å². The Balaban J connectivity index is 2.17. The van der Waals surface area contributed by atoms with Crippen LogP contribution in [-0.4, -0.2) is 30.6 Å². The van der Waals surface area contributed by atoms with Gasteiger partial charge in [0.05, 0.1) is 4.90 Å². The van der Waals surface area contributed by atoms with Crippen molar-refractivity contribution >= 4 is 27.3 Å².